The van der Waals surface area contributed by atoms with Crippen molar-refractivity contribution >= 4 is 11.8 Å². The summed E-state index contributed by atoms with van der Waals surface area (Å²) >= 11 is 1.76. The third-order valence-corrected chi connectivity index (χ3v) is 3.70. The molecule has 0 aromatic heterocycles. The zero-order valence-corrected chi connectivity index (χ0v) is 11.7. The topological polar surface area (TPSA) is 12.0 Å². The smallest absolute Gasteiger partial charge is 0.128 e. The van der Waals surface area contributed by atoms with E-state index < -0.39 is 0 Å². The van der Waals surface area contributed by atoms with Gasteiger partial charge in [-0.3, -0.25) is 0 Å². The lowest BCUT2D eigenvalue weighted by Gasteiger charge is -2.13. The molecule has 0 aliphatic heterocycles. The van der Waals surface area contributed by atoms with Crippen LogP contribution in [0.2, 0.25) is 0 Å². The Morgan fingerprint density at radius 3 is 2.76 bits per heavy atom. The van der Waals surface area contributed by atoms with Crippen LogP contribution in [0, 0.1) is 5.82 Å². The van der Waals surface area contributed by atoms with Crippen LogP contribution in [-0.4, -0.2) is 11.8 Å². The van der Waals surface area contributed by atoms with Crippen molar-refractivity contribution in [2.24, 2.45) is 0 Å². The average molecular weight is 255 g/mol. The summed E-state index contributed by atoms with van der Waals surface area (Å²) in [5.74, 6) is 0.967. The Labute approximate surface area is 108 Å². The van der Waals surface area contributed by atoms with E-state index in [9.17, 15) is 4.39 Å². The van der Waals surface area contributed by atoms with Crippen LogP contribution in [0.25, 0.3) is 0 Å². The Balaban J connectivity index is 2.69. The zero-order valence-electron chi connectivity index (χ0n) is 10.9. The number of nitrogens with one attached hydrogen (secondary N) is 1. The highest BCUT2D eigenvalue weighted by Gasteiger charge is 2.08. The molecule has 0 unspecified atom stereocenters. The highest BCUT2D eigenvalue weighted by molar-refractivity contribution is 7.99. The van der Waals surface area contributed by atoms with Crippen molar-refractivity contribution in [3.63, 3.8) is 0 Å². The van der Waals surface area contributed by atoms with Crippen molar-refractivity contribution in [2.75, 3.05) is 5.75 Å². The van der Waals surface area contributed by atoms with E-state index in [-0.39, 0.29) is 5.82 Å². The second-order valence-corrected chi connectivity index (χ2v) is 5.59. The van der Waals surface area contributed by atoms with Crippen molar-refractivity contribution in [2.45, 2.75) is 51.1 Å². The van der Waals surface area contributed by atoms with E-state index in [2.05, 4.69) is 26.1 Å². The second-order valence-electron chi connectivity index (χ2n) is 4.45. The Morgan fingerprint density at radius 2 is 2.12 bits per heavy atom. The fourth-order valence-electron chi connectivity index (χ4n) is 1.48. The van der Waals surface area contributed by atoms with Crippen LogP contribution in [0.5, 0.6) is 0 Å². The predicted octanol–water partition coefficient (Wildman–Crippen LogP) is 4.22. The molecule has 0 fully saturated rings. The molecule has 0 bridgehead atoms. The Hall–Kier alpha value is -0.540. The highest BCUT2D eigenvalue weighted by Crippen LogP contribution is 2.25. The van der Waals surface area contributed by atoms with Crippen LogP contribution >= 0.6 is 11.8 Å². The molecule has 0 radical (unpaired) electrons. The van der Waals surface area contributed by atoms with Gasteiger partial charge in [0.15, 0.2) is 0 Å². The van der Waals surface area contributed by atoms with Crippen LogP contribution in [0.3, 0.4) is 0 Å². The molecular formula is C14H22FNS. The normalized spacial score (nSPS) is 11.1. The van der Waals surface area contributed by atoms with Crippen LogP contribution in [-0.2, 0) is 6.54 Å². The molecule has 1 nitrogen and oxygen atoms in total. The molecule has 0 spiro atoms. The van der Waals surface area contributed by atoms with Gasteiger partial charge in [0.05, 0.1) is 0 Å². The first-order valence-corrected chi connectivity index (χ1v) is 7.27. The number of rotatable bonds is 7. The van der Waals surface area contributed by atoms with E-state index in [0.717, 1.165) is 16.2 Å². The minimum Gasteiger partial charge on any atom is -0.310 e. The maximum Gasteiger partial charge on any atom is 0.128 e. The van der Waals surface area contributed by atoms with Crippen molar-refractivity contribution in [1.29, 1.82) is 0 Å². The molecule has 1 aromatic carbocycles. The maximum atomic E-state index is 13.8. The Morgan fingerprint density at radius 1 is 1.35 bits per heavy atom. The molecule has 0 heterocycles. The average Bonchev–Trinajstić information content (AvgIpc) is 2.28. The van der Waals surface area contributed by atoms with Gasteiger partial charge in [-0.25, -0.2) is 4.39 Å². The minimum absolute atomic E-state index is 0.0975. The molecular weight excluding hydrogens is 233 g/mol. The number of benzene rings is 1. The molecule has 3 heteroatoms. The first-order chi connectivity index (χ1) is 8.15. The van der Waals surface area contributed by atoms with Gasteiger partial charge in [0.1, 0.15) is 5.82 Å². The van der Waals surface area contributed by atoms with Crippen LogP contribution in [0.4, 0.5) is 4.39 Å². The van der Waals surface area contributed by atoms with Gasteiger partial charge < -0.3 is 5.32 Å². The van der Waals surface area contributed by atoms with E-state index >= 15 is 0 Å². The molecule has 1 aromatic rings. The summed E-state index contributed by atoms with van der Waals surface area (Å²) in [7, 11) is 0. The third-order valence-electron chi connectivity index (χ3n) is 2.52. The van der Waals surface area contributed by atoms with Crippen molar-refractivity contribution in [3.8, 4) is 0 Å². The monoisotopic (exact) mass is 255 g/mol. The lowest BCUT2D eigenvalue weighted by molar-refractivity contribution is 0.546. The molecule has 0 aliphatic rings. The lowest BCUT2D eigenvalue weighted by atomic mass is 10.2. The molecule has 0 saturated heterocycles. The quantitative estimate of drug-likeness (QED) is 0.578. The minimum atomic E-state index is -0.0975. The molecule has 17 heavy (non-hydrogen) atoms. The SMILES string of the molecule is CCCCSc1cccc(F)c1CNC(C)C. The Bertz CT molecular complexity index is 339. The third kappa shape index (κ3) is 5.09. The van der Waals surface area contributed by atoms with Gasteiger partial charge in [0.2, 0.25) is 0 Å². The van der Waals surface area contributed by atoms with Crippen LogP contribution < -0.4 is 5.32 Å². The first-order valence-electron chi connectivity index (χ1n) is 6.28. The Kier molecular flexibility index (Phi) is 6.60. The molecule has 0 aliphatic carbocycles. The fourth-order valence-corrected chi connectivity index (χ4v) is 2.65. The van der Waals surface area contributed by atoms with Gasteiger partial charge in [-0.15, -0.1) is 11.8 Å². The van der Waals surface area contributed by atoms with Gasteiger partial charge in [0, 0.05) is 23.0 Å². The first kappa shape index (κ1) is 14.5. The number of unbranched alkanes of at least 4 members (excludes halogenated alkanes) is 1. The number of hydrogen-bond acceptors (Lipinski definition) is 2. The van der Waals surface area contributed by atoms with Gasteiger partial charge in [-0.05, 0) is 24.3 Å². The summed E-state index contributed by atoms with van der Waals surface area (Å²) in [5, 5.41) is 3.28. The predicted molar refractivity (Wildman–Crippen MR) is 74.0 cm³/mol. The van der Waals surface area contributed by atoms with Gasteiger partial charge in [-0.1, -0.05) is 33.3 Å². The summed E-state index contributed by atoms with van der Waals surface area (Å²) in [4.78, 5) is 1.08. The van der Waals surface area contributed by atoms with Crippen molar-refractivity contribution in [3.05, 3.63) is 29.6 Å². The fraction of sp³-hybridized carbons (Fsp3) is 0.571. The summed E-state index contributed by atoms with van der Waals surface area (Å²) in [6, 6.07) is 5.73. The molecule has 96 valence electrons. The zero-order chi connectivity index (χ0) is 12.7. The maximum absolute atomic E-state index is 13.8. The largest absolute Gasteiger partial charge is 0.310 e. The number of halogens is 1. The van der Waals surface area contributed by atoms with Gasteiger partial charge in [0.25, 0.3) is 0 Å². The number of hydrogen-bond donors (Lipinski definition) is 1. The summed E-state index contributed by atoms with van der Waals surface area (Å²) < 4.78 is 13.8. The molecule has 1 rings (SSSR count). The summed E-state index contributed by atoms with van der Waals surface area (Å²) in [5.41, 5.74) is 0.808. The van der Waals surface area contributed by atoms with E-state index in [4.69, 9.17) is 0 Å². The van der Waals surface area contributed by atoms with E-state index in [1.54, 1.807) is 23.9 Å². The number of thioether (sulfide) groups is 1. The molecule has 0 atom stereocenters. The van der Waals surface area contributed by atoms with E-state index in [1.165, 1.54) is 12.8 Å². The molecule has 0 saturated carbocycles. The van der Waals surface area contributed by atoms with Gasteiger partial charge in [-0.2, -0.15) is 0 Å². The highest BCUT2D eigenvalue weighted by atomic mass is 32.2. The standard InChI is InChI=1S/C14H22FNS/c1-4-5-9-17-14-8-6-7-13(15)12(14)10-16-11(2)3/h6-8,11,16H,4-5,9-10H2,1-3H3. The summed E-state index contributed by atoms with van der Waals surface area (Å²) in [6.07, 6.45) is 2.36. The van der Waals surface area contributed by atoms with Crippen LogP contribution in [0.15, 0.2) is 23.1 Å². The van der Waals surface area contributed by atoms with Crippen molar-refractivity contribution in [1.82, 2.24) is 5.32 Å². The van der Waals surface area contributed by atoms with Crippen molar-refractivity contribution < 1.29 is 4.39 Å². The van der Waals surface area contributed by atoms with E-state index in [0.29, 0.717) is 12.6 Å². The molecule has 1 N–H and O–H groups in total. The second kappa shape index (κ2) is 7.72. The van der Waals surface area contributed by atoms with Gasteiger partial charge >= 0.3 is 0 Å². The summed E-state index contributed by atoms with van der Waals surface area (Å²) in [6.45, 7) is 6.93. The van der Waals surface area contributed by atoms with E-state index in [1.807, 2.05) is 6.07 Å². The lowest BCUT2D eigenvalue weighted by Crippen LogP contribution is -2.22. The molecule has 0 amide bonds. The van der Waals surface area contributed by atoms with Crippen LogP contribution in [0.1, 0.15) is 39.2 Å².